The van der Waals surface area contributed by atoms with Crippen LogP contribution in [-0.2, 0) is 4.74 Å². The van der Waals surface area contributed by atoms with Crippen LogP contribution in [0.25, 0.3) is 0 Å². The number of aromatic nitrogens is 2. The Morgan fingerprint density at radius 2 is 2.14 bits per heavy atom. The van der Waals surface area contributed by atoms with Crippen molar-refractivity contribution >= 4 is 27.4 Å². The van der Waals surface area contributed by atoms with Gasteiger partial charge in [0.15, 0.2) is 5.82 Å². The lowest BCUT2D eigenvalue weighted by Crippen LogP contribution is -2.19. The molecule has 0 amide bonds. The maximum absolute atomic E-state index is 6.08. The molecule has 0 aliphatic carbocycles. The van der Waals surface area contributed by atoms with Crippen LogP contribution in [0.15, 0.2) is 35.1 Å². The quantitative estimate of drug-likeness (QED) is 0.847. The van der Waals surface area contributed by atoms with E-state index in [0.29, 0.717) is 29.7 Å². The summed E-state index contributed by atoms with van der Waals surface area (Å²) in [6.07, 6.45) is 3.80. The maximum Gasteiger partial charge on any atom is 0.248 e. The third kappa shape index (κ3) is 3.66. The lowest BCUT2D eigenvalue weighted by Gasteiger charge is -2.14. The first-order chi connectivity index (χ1) is 10.7. The molecule has 7 heteroatoms. The molecule has 2 aromatic rings. The van der Waals surface area contributed by atoms with Crippen molar-refractivity contribution in [3.05, 3.63) is 35.1 Å². The molecule has 1 aliphatic heterocycles. The average molecular weight is 365 g/mol. The van der Waals surface area contributed by atoms with Gasteiger partial charge in [0.05, 0.1) is 6.10 Å². The second kappa shape index (κ2) is 6.93. The minimum Gasteiger partial charge on any atom is -0.437 e. The van der Waals surface area contributed by atoms with E-state index in [1.807, 2.05) is 24.3 Å². The number of nitrogen functional groups attached to an aromatic ring is 1. The van der Waals surface area contributed by atoms with Gasteiger partial charge in [0, 0.05) is 17.6 Å². The third-order valence-electron chi connectivity index (χ3n) is 3.40. The van der Waals surface area contributed by atoms with Crippen molar-refractivity contribution < 1.29 is 9.47 Å². The van der Waals surface area contributed by atoms with Crippen LogP contribution >= 0.6 is 15.9 Å². The molecule has 2 heterocycles. The van der Waals surface area contributed by atoms with Gasteiger partial charge < -0.3 is 20.5 Å². The minimum absolute atomic E-state index is 0.213. The van der Waals surface area contributed by atoms with E-state index in [2.05, 4.69) is 31.2 Å². The number of nitrogens with one attached hydrogen (secondary N) is 1. The number of rotatable bonds is 5. The SMILES string of the molecule is Nc1c(NCC2CCCO2)ncnc1Oc1ccc(Br)cc1. The molecular weight excluding hydrogens is 348 g/mol. The van der Waals surface area contributed by atoms with Gasteiger partial charge in [-0.15, -0.1) is 0 Å². The normalized spacial score (nSPS) is 17.4. The number of halogens is 1. The van der Waals surface area contributed by atoms with Crippen molar-refractivity contribution in [2.75, 3.05) is 24.2 Å². The molecule has 3 rings (SSSR count). The molecule has 3 N–H and O–H groups in total. The van der Waals surface area contributed by atoms with Crippen molar-refractivity contribution in [1.29, 1.82) is 0 Å². The lowest BCUT2D eigenvalue weighted by atomic mass is 10.2. The second-order valence-electron chi connectivity index (χ2n) is 5.01. The molecule has 0 radical (unpaired) electrons. The van der Waals surface area contributed by atoms with Crippen molar-refractivity contribution in [2.45, 2.75) is 18.9 Å². The summed E-state index contributed by atoms with van der Waals surface area (Å²) in [7, 11) is 0. The topological polar surface area (TPSA) is 82.3 Å². The zero-order chi connectivity index (χ0) is 15.4. The molecular formula is C15H17BrN4O2. The summed E-state index contributed by atoms with van der Waals surface area (Å²) < 4.78 is 12.3. The fourth-order valence-electron chi connectivity index (χ4n) is 2.23. The number of nitrogens with zero attached hydrogens (tertiary/aromatic N) is 2. The largest absolute Gasteiger partial charge is 0.437 e. The van der Waals surface area contributed by atoms with E-state index in [-0.39, 0.29) is 6.10 Å². The maximum atomic E-state index is 6.08. The monoisotopic (exact) mass is 364 g/mol. The molecule has 1 aliphatic rings. The molecule has 6 nitrogen and oxygen atoms in total. The highest BCUT2D eigenvalue weighted by Crippen LogP contribution is 2.30. The van der Waals surface area contributed by atoms with Gasteiger partial charge in [-0.1, -0.05) is 15.9 Å². The second-order valence-corrected chi connectivity index (χ2v) is 5.93. The summed E-state index contributed by atoms with van der Waals surface area (Å²) in [6.45, 7) is 1.50. The Labute approximate surface area is 137 Å². The Morgan fingerprint density at radius 1 is 1.32 bits per heavy atom. The van der Waals surface area contributed by atoms with Gasteiger partial charge in [0.2, 0.25) is 5.88 Å². The summed E-state index contributed by atoms with van der Waals surface area (Å²) >= 11 is 3.38. The third-order valence-corrected chi connectivity index (χ3v) is 3.93. The van der Waals surface area contributed by atoms with Crippen LogP contribution in [0.1, 0.15) is 12.8 Å². The fourth-order valence-corrected chi connectivity index (χ4v) is 2.50. The first-order valence-electron chi connectivity index (χ1n) is 7.12. The average Bonchev–Trinajstić information content (AvgIpc) is 3.04. The van der Waals surface area contributed by atoms with Crippen LogP contribution < -0.4 is 15.8 Å². The highest BCUT2D eigenvalue weighted by molar-refractivity contribution is 9.10. The molecule has 1 atom stereocenters. The molecule has 0 saturated carbocycles. The van der Waals surface area contributed by atoms with E-state index in [4.69, 9.17) is 15.2 Å². The van der Waals surface area contributed by atoms with E-state index in [0.717, 1.165) is 23.9 Å². The van der Waals surface area contributed by atoms with Gasteiger partial charge in [-0.05, 0) is 37.1 Å². The number of nitrogens with two attached hydrogens (primary N) is 1. The van der Waals surface area contributed by atoms with Gasteiger partial charge in [0.25, 0.3) is 0 Å². The predicted octanol–water partition coefficient (Wildman–Crippen LogP) is 3.20. The number of hydrogen-bond donors (Lipinski definition) is 2. The molecule has 0 bridgehead atoms. The molecule has 1 unspecified atom stereocenters. The predicted molar refractivity (Wildman–Crippen MR) is 88.1 cm³/mol. The molecule has 1 fully saturated rings. The van der Waals surface area contributed by atoms with Crippen LogP contribution in [-0.4, -0.2) is 29.2 Å². The van der Waals surface area contributed by atoms with E-state index in [1.165, 1.54) is 6.33 Å². The lowest BCUT2D eigenvalue weighted by molar-refractivity contribution is 0.120. The molecule has 22 heavy (non-hydrogen) atoms. The standard InChI is InChI=1S/C15H17BrN4O2/c16-10-3-5-11(6-4-10)22-15-13(17)14(19-9-20-15)18-8-12-2-1-7-21-12/h3-6,9,12H,1-2,7-8,17H2,(H,18,19,20). The molecule has 1 aromatic carbocycles. The Balaban J connectivity index is 1.69. The molecule has 1 aromatic heterocycles. The van der Waals surface area contributed by atoms with Crippen LogP contribution in [0.4, 0.5) is 11.5 Å². The Kier molecular flexibility index (Phi) is 4.74. The van der Waals surface area contributed by atoms with Gasteiger partial charge in [-0.3, -0.25) is 0 Å². The summed E-state index contributed by atoms with van der Waals surface area (Å²) in [5.41, 5.74) is 6.48. The van der Waals surface area contributed by atoms with Crippen LogP contribution in [0.3, 0.4) is 0 Å². The van der Waals surface area contributed by atoms with Crippen molar-refractivity contribution in [3.8, 4) is 11.6 Å². The van der Waals surface area contributed by atoms with Gasteiger partial charge >= 0.3 is 0 Å². The van der Waals surface area contributed by atoms with E-state index >= 15 is 0 Å². The Hall–Kier alpha value is -1.86. The smallest absolute Gasteiger partial charge is 0.248 e. The van der Waals surface area contributed by atoms with E-state index in [1.54, 1.807) is 0 Å². The number of benzene rings is 1. The fraction of sp³-hybridized carbons (Fsp3) is 0.333. The summed E-state index contributed by atoms with van der Waals surface area (Å²) in [5, 5.41) is 3.20. The van der Waals surface area contributed by atoms with E-state index < -0.39 is 0 Å². The summed E-state index contributed by atoms with van der Waals surface area (Å²) in [6, 6.07) is 7.46. The minimum atomic E-state index is 0.213. The van der Waals surface area contributed by atoms with Crippen LogP contribution in [0.5, 0.6) is 11.6 Å². The zero-order valence-electron chi connectivity index (χ0n) is 12.0. The number of anilines is 2. The highest BCUT2D eigenvalue weighted by Gasteiger charge is 2.17. The first kappa shape index (κ1) is 15.1. The molecule has 0 spiro atoms. The van der Waals surface area contributed by atoms with Crippen molar-refractivity contribution in [1.82, 2.24) is 9.97 Å². The first-order valence-corrected chi connectivity index (χ1v) is 7.91. The molecule has 1 saturated heterocycles. The van der Waals surface area contributed by atoms with Crippen molar-refractivity contribution in [3.63, 3.8) is 0 Å². The van der Waals surface area contributed by atoms with Crippen LogP contribution in [0, 0.1) is 0 Å². The zero-order valence-corrected chi connectivity index (χ0v) is 13.5. The van der Waals surface area contributed by atoms with Gasteiger partial charge in [-0.2, -0.15) is 4.98 Å². The Morgan fingerprint density at radius 3 is 2.86 bits per heavy atom. The number of ether oxygens (including phenoxy) is 2. The summed E-state index contributed by atoms with van der Waals surface area (Å²) in [5.74, 6) is 1.57. The molecule has 116 valence electrons. The number of hydrogen-bond acceptors (Lipinski definition) is 6. The Bertz CT molecular complexity index is 630. The van der Waals surface area contributed by atoms with Gasteiger partial charge in [0.1, 0.15) is 17.8 Å². The van der Waals surface area contributed by atoms with E-state index in [9.17, 15) is 0 Å². The van der Waals surface area contributed by atoms with Crippen LogP contribution in [0.2, 0.25) is 0 Å². The summed E-state index contributed by atoms with van der Waals surface area (Å²) in [4.78, 5) is 8.26. The van der Waals surface area contributed by atoms with Gasteiger partial charge in [-0.25, -0.2) is 4.98 Å². The highest BCUT2D eigenvalue weighted by atomic mass is 79.9. The van der Waals surface area contributed by atoms with Crippen molar-refractivity contribution in [2.24, 2.45) is 0 Å².